The predicted octanol–water partition coefficient (Wildman–Crippen LogP) is 13.9. The van der Waals surface area contributed by atoms with Crippen molar-refractivity contribution in [3.63, 3.8) is 0 Å². The lowest BCUT2D eigenvalue weighted by atomic mass is 9.98. The summed E-state index contributed by atoms with van der Waals surface area (Å²) in [5, 5.41) is 13.4. The number of halogens is 9. The van der Waals surface area contributed by atoms with Gasteiger partial charge in [-0.2, -0.15) is 31.6 Å². The van der Waals surface area contributed by atoms with Crippen LogP contribution < -0.4 is 14.8 Å². The summed E-state index contributed by atoms with van der Waals surface area (Å²) in [6.45, 7) is 6.17. The molecule has 0 amide bonds. The first-order chi connectivity index (χ1) is 31.5. The summed E-state index contributed by atoms with van der Waals surface area (Å²) in [5.74, 6) is 1.48. The van der Waals surface area contributed by atoms with E-state index in [2.05, 4.69) is 20.2 Å². The first-order valence-corrected chi connectivity index (χ1v) is 22.3. The molecule has 0 aliphatic carbocycles. The highest BCUT2D eigenvalue weighted by atomic mass is 35.5. The van der Waals surface area contributed by atoms with Crippen LogP contribution in [0.5, 0.6) is 11.5 Å². The zero-order valence-electron chi connectivity index (χ0n) is 35.8. The van der Waals surface area contributed by atoms with Crippen molar-refractivity contribution < 1.29 is 45.4 Å². The number of aromatic amines is 2. The van der Waals surface area contributed by atoms with E-state index in [0.717, 1.165) is 91.4 Å². The molecule has 2 aliphatic rings. The fraction of sp³-hybridized carbons (Fsp3) is 0.380. The molecule has 2 saturated heterocycles. The van der Waals surface area contributed by atoms with Gasteiger partial charge in [0.1, 0.15) is 11.5 Å². The molecular formula is C50H56Cl3F6N5O4. The van der Waals surface area contributed by atoms with E-state index in [1.54, 1.807) is 42.7 Å². The Kier molecular flexibility index (Phi) is 22.7. The molecular weight excluding hydrogens is 955 g/mol. The number of Topliss-reactive ketones (excluding diaryl/α,β-unsaturated/α-hetero) is 2. The van der Waals surface area contributed by atoms with E-state index in [4.69, 9.17) is 49.5 Å². The number of alkyl halides is 7. The number of likely N-dealkylation sites (tertiary alicyclic amines) is 1. The summed E-state index contributed by atoms with van der Waals surface area (Å²) in [7, 11) is 0. The van der Waals surface area contributed by atoms with E-state index in [-0.39, 0.29) is 38.2 Å². The molecule has 2 unspecified atom stereocenters. The molecule has 4 heterocycles. The molecule has 0 radical (unpaired) electrons. The molecule has 2 atom stereocenters. The number of carbonyl (C=O) groups excluding carboxylic acids is 2. The Morgan fingerprint density at radius 1 is 0.721 bits per heavy atom. The fourth-order valence-corrected chi connectivity index (χ4v) is 7.90. The molecule has 4 aromatic carbocycles. The van der Waals surface area contributed by atoms with E-state index in [1.165, 1.54) is 31.2 Å². The number of nitrogens with zero attached hydrogens (tertiary/aromatic N) is 2. The second-order valence-corrected chi connectivity index (χ2v) is 16.8. The molecule has 2 aromatic heterocycles. The predicted molar refractivity (Wildman–Crippen MR) is 259 cm³/mol. The van der Waals surface area contributed by atoms with E-state index in [1.807, 2.05) is 12.1 Å². The second-order valence-electron chi connectivity index (χ2n) is 15.6. The first kappa shape index (κ1) is 57.1. The SMILES string of the molecule is C.C.CC#N.FC(F)(F)c1ccc(OCC2CCCNC2)cc1.O=C(CCl)c1c[nH]c2ccc(Cl)cc12.O=C(CN1CCCC(COc2ccc(C(F)(F)F)cc2)C1)c1c[nH]c2ccc(Cl)cc12. The average Bonchev–Trinajstić information content (AvgIpc) is 3.92. The highest BCUT2D eigenvalue weighted by molar-refractivity contribution is 6.33. The molecule has 368 valence electrons. The smallest absolute Gasteiger partial charge is 0.416 e. The largest absolute Gasteiger partial charge is 0.493 e. The van der Waals surface area contributed by atoms with Gasteiger partial charge in [-0.3, -0.25) is 14.5 Å². The highest BCUT2D eigenvalue weighted by Crippen LogP contribution is 2.32. The molecule has 18 heteroatoms. The Labute approximate surface area is 408 Å². The quantitative estimate of drug-likeness (QED) is 0.0671. The van der Waals surface area contributed by atoms with Gasteiger partial charge in [-0.05, 0) is 124 Å². The maximum Gasteiger partial charge on any atom is 0.416 e. The van der Waals surface area contributed by atoms with Gasteiger partial charge in [0, 0.05) is 87.2 Å². The van der Waals surface area contributed by atoms with Gasteiger partial charge < -0.3 is 24.8 Å². The molecule has 2 fully saturated rings. The molecule has 8 rings (SSSR count). The number of fused-ring (bicyclic) bond motifs is 2. The van der Waals surface area contributed by atoms with Gasteiger partial charge >= 0.3 is 12.4 Å². The van der Waals surface area contributed by atoms with Crippen molar-refractivity contribution in [1.82, 2.24) is 20.2 Å². The van der Waals surface area contributed by atoms with Gasteiger partial charge in [0.05, 0.1) is 42.8 Å². The molecule has 0 bridgehead atoms. The molecule has 3 N–H and O–H groups in total. The van der Waals surface area contributed by atoms with Crippen molar-refractivity contribution in [2.45, 2.75) is 59.8 Å². The van der Waals surface area contributed by atoms with Gasteiger partial charge in [-0.15, -0.1) is 11.6 Å². The van der Waals surface area contributed by atoms with E-state index < -0.39 is 23.5 Å². The maximum atomic E-state index is 12.9. The Bertz CT molecular complexity index is 2530. The number of carbonyl (C=O) groups is 2. The number of ether oxygens (including phenoxy) is 2. The molecule has 68 heavy (non-hydrogen) atoms. The number of piperidine rings is 2. The fourth-order valence-electron chi connectivity index (χ4n) is 7.41. The number of H-pyrrole nitrogens is 2. The number of nitrogens with one attached hydrogen (secondary N) is 3. The topological polar surface area (TPSA) is 123 Å². The van der Waals surface area contributed by atoms with Crippen molar-refractivity contribution in [1.29, 1.82) is 5.26 Å². The van der Waals surface area contributed by atoms with Crippen molar-refractivity contribution in [3.05, 3.63) is 130 Å². The van der Waals surface area contributed by atoms with Crippen LogP contribution in [0.3, 0.4) is 0 Å². The third kappa shape index (κ3) is 17.1. The standard InChI is InChI=1S/C23H22ClF3N2O2.C13H16F3NO.C10H7Cl2NO.C2H3N.2CH4/c24-17-5-8-21-19(10-17)20(11-28-21)22(30)13-29-9-1-2-15(12-29)14-31-18-6-3-16(4-7-18)23(25,26)27;14-13(15,16)11-3-5-12(6-4-11)18-9-10-2-1-7-17-8-10;11-4-10(14)8-5-13-9-2-1-6(12)3-7(8)9;1-2-3;;/h3-8,10-11,15,28H,1-2,9,12-14H2;3-6,10,17H,1-2,7-9H2;1-3,5,13H,4H2;1H3;2*1H4. The number of hydrogen-bond donors (Lipinski definition) is 3. The van der Waals surface area contributed by atoms with E-state index in [9.17, 15) is 35.9 Å². The number of benzene rings is 4. The Morgan fingerprint density at radius 3 is 1.62 bits per heavy atom. The zero-order valence-corrected chi connectivity index (χ0v) is 38.1. The number of rotatable bonds is 11. The van der Waals surface area contributed by atoms with Crippen molar-refractivity contribution in [2.24, 2.45) is 11.8 Å². The summed E-state index contributed by atoms with van der Waals surface area (Å²) in [6.07, 6.45) is -1.14. The van der Waals surface area contributed by atoms with Gasteiger partial charge in [0.2, 0.25) is 0 Å². The van der Waals surface area contributed by atoms with Gasteiger partial charge in [0.25, 0.3) is 0 Å². The Balaban J connectivity index is 0.000000281. The van der Waals surface area contributed by atoms with Crippen LogP contribution in [0, 0.1) is 23.2 Å². The number of hydrogen-bond acceptors (Lipinski definition) is 7. The number of nitriles is 1. The minimum atomic E-state index is -4.36. The normalized spacial score (nSPS) is 15.9. The van der Waals surface area contributed by atoms with Crippen LogP contribution in [0.25, 0.3) is 21.8 Å². The van der Waals surface area contributed by atoms with Gasteiger partial charge in [0.15, 0.2) is 11.6 Å². The van der Waals surface area contributed by atoms with Crippen LogP contribution in [0.2, 0.25) is 10.0 Å². The average molecular weight is 1010 g/mol. The van der Waals surface area contributed by atoms with Crippen molar-refractivity contribution in [3.8, 4) is 17.6 Å². The number of ketones is 2. The van der Waals surface area contributed by atoms with Crippen LogP contribution in [0.15, 0.2) is 97.3 Å². The van der Waals surface area contributed by atoms with Crippen molar-refractivity contribution in [2.75, 3.05) is 51.8 Å². The van der Waals surface area contributed by atoms with Crippen LogP contribution in [0.1, 0.15) is 79.3 Å². The molecule has 2 aliphatic heterocycles. The summed E-state index contributed by atoms with van der Waals surface area (Å²) >= 11 is 17.4. The van der Waals surface area contributed by atoms with Gasteiger partial charge in [-0.1, -0.05) is 38.1 Å². The van der Waals surface area contributed by atoms with Crippen LogP contribution in [-0.4, -0.2) is 78.3 Å². The Hall–Kier alpha value is -5.24. The van der Waals surface area contributed by atoms with Crippen LogP contribution in [-0.2, 0) is 12.4 Å². The summed E-state index contributed by atoms with van der Waals surface area (Å²) in [5.41, 5.74) is 1.64. The highest BCUT2D eigenvalue weighted by Gasteiger charge is 2.31. The van der Waals surface area contributed by atoms with Crippen molar-refractivity contribution >= 4 is 68.2 Å². The molecule has 9 nitrogen and oxygen atoms in total. The zero-order chi connectivity index (χ0) is 47.9. The molecule has 0 saturated carbocycles. The second kappa shape index (κ2) is 27.1. The van der Waals surface area contributed by atoms with E-state index in [0.29, 0.717) is 64.9 Å². The van der Waals surface area contributed by atoms with E-state index >= 15 is 0 Å². The lowest BCUT2D eigenvalue weighted by Crippen LogP contribution is -2.40. The monoisotopic (exact) mass is 1010 g/mol. The maximum absolute atomic E-state index is 12.9. The van der Waals surface area contributed by atoms with Crippen LogP contribution >= 0.6 is 34.8 Å². The molecule has 6 aromatic rings. The number of aromatic nitrogens is 2. The first-order valence-electron chi connectivity index (χ1n) is 21.0. The summed E-state index contributed by atoms with van der Waals surface area (Å²) in [6, 6.07) is 22.1. The van der Waals surface area contributed by atoms with Crippen LogP contribution in [0.4, 0.5) is 26.3 Å². The third-order valence-electron chi connectivity index (χ3n) is 10.7. The summed E-state index contributed by atoms with van der Waals surface area (Å²) in [4.78, 5) is 32.5. The van der Waals surface area contributed by atoms with Gasteiger partial charge in [-0.25, -0.2) is 0 Å². The minimum Gasteiger partial charge on any atom is -0.493 e. The lowest BCUT2D eigenvalue weighted by molar-refractivity contribution is -0.138. The minimum absolute atomic E-state index is 0. The Morgan fingerprint density at radius 2 is 1.18 bits per heavy atom. The third-order valence-corrected chi connectivity index (χ3v) is 11.4. The lowest BCUT2D eigenvalue weighted by Gasteiger charge is -2.32. The summed E-state index contributed by atoms with van der Waals surface area (Å²) < 4.78 is 86.3. The molecule has 0 spiro atoms.